The number of anilines is 1. The summed E-state index contributed by atoms with van der Waals surface area (Å²) in [4.78, 5) is 35.6. The normalized spacial score (nSPS) is 12.0. The summed E-state index contributed by atoms with van der Waals surface area (Å²) in [6, 6.07) is 12.5. The molecule has 2 N–H and O–H groups in total. The number of carbonyl (C=O) groups is 2. The van der Waals surface area contributed by atoms with Gasteiger partial charge in [0, 0.05) is 12.1 Å². The van der Waals surface area contributed by atoms with Crippen LogP contribution in [0.5, 0.6) is 0 Å². The molecule has 0 saturated carbocycles. The molecule has 0 bridgehead atoms. The Morgan fingerprint density at radius 1 is 1.13 bits per heavy atom. The number of rotatable bonds is 8. The van der Waals surface area contributed by atoms with E-state index in [-0.39, 0.29) is 24.6 Å². The molecule has 2 aromatic rings. The number of amides is 2. The molecule has 0 heterocycles. The zero-order chi connectivity index (χ0) is 23.0. The van der Waals surface area contributed by atoms with E-state index < -0.39 is 28.6 Å². The summed E-state index contributed by atoms with van der Waals surface area (Å²) in [7, 11) is 0. The third-order valence-electron chi connectivity index (χ3n) is 4.09. The summed E-state index contributed by atoms with van der Waals surface area (Å²) in [6.45, 7) is 6.96. The first-order valence-corrected chi connectivity index (χ1v) is 9.72. The Hall–Kier alpha value is -3.46. The second kappa shape index (κ2) is 10.5. The van der Waals surface area contributed by atoms with Gasteiger partial charge in [0.25, 0.3) is 5.69 Å². The van der Waals surface area contributed by atoms with Crippen LogP contribution >= 0.6 is 0 Å². The van der Waals surface area contributed by atoms with Gasteiger partial charge in [0.1, 0.15) is 11.6 Å². The molecule has 166 valence electrons. The second-order valence-electron chi connectivity index (χ2n) is 7.95. The van der Waals surface area contributed by atoms with Crippen LogP contribution in [0.1, 0.15) is 31.9 Å². The molecular formula is C22H27N3O6. The van der Waals surface area contributed by atoms with Crippen molar-refractivity contribution >= 4 is 23.4 Å². The average Bonchev–Trinajstić information content (AvgIpc) is 2.68. The van der Waals surface area contributed by atoms with E-state index >= 15 is 0 Å². The Morgan fingerprint density at radius 3 is 2.42 bits per heavy atom. The molecule has 0 aromatic heterocycles. The Bertz CT molecular complexity index is 925. The van der Waals surface area contributed by atoms with Crippen molar-refractivity contribution in [1.29, 1.82) is 0 Å². The molecule has 0 aliphatic rings. The van der Waals surface area contributed by atoms with Crippen LogP contribution in [0, 0.1) is 17.0 Å². The van der Waals surface area contributed by atoms with Crippen molar-refractivity contribution in [2.75, 3.05) is 11.9 Å². The Balaban J connectivity index is 2.11. The fourth-order valence-electron chi connectivity index (χ4n) is 2.58. The van der Waals surface area contributed by atoms with Crippen LogP contribution in [0.25, 0.3) is 0 Å². The molecule has 9 nitrogen and oxygen atoms in total. The third kappa shape index (κ3) is 8.06. The van der Waals surface area contributed by atoms with Gasteiger partial charge in [-0.25, -0.2) is 4.79 Å². The predicted octanol–water partition coefficient (Wildman–Crippen LogP) is 3.95. The number of nitrogens with zero attached hydrogens (tertiary/aromatic N) is 1. The van der Waals surface area contributed by atoms with Gasteiger partial charge in [-0.3, -0.25) is 14.9 Å². The minimum absolute atomic E-state index is 0.117. The van der Waals surface area contributed by atoms with E-state index in [0.29, 0.717) is 5.56 Å². The summed E-state index contributed by atoms with van der Waals surface area (Å²) in [5.74, 6) is -0.581. The molecule has 0 radical (unpaired) electrons. The first kappa shape index (κ1) is 23.8. The number of nitrogens with one attached hydrogen (secondary N) is 2. The Kier molecular flexibility index (Phi) is 8.09. The quantitative estimate of drug-likeness (QED) is 0.484. The lowest BCUT2D eigenvalue weighted by Crippen LogP contribution is -2.48. The van der Waals surface area contributed by atoms with Crippen LogP contribution in [0.2, 0.25) is 0 Å². The lowest BCUT2D eigenvalue weighted by atomic mass is 10.1. The summed E-state index contributed by atoms with van der Waals surface area (Å²) in [5, 5.41) is 16.2. The molecule has 9 heteroatoms. The molecule has 0 spiro atoms. The zero-order valence-electron chi connectivity index (χ0n) is 18.0. The maximum absolute atomic E-state index is 12.9. The predicted molar refractivity (Wildman–Crippen MR) is 116 cm³/mol. The fraction of sp³-hybridized carbons (Fsp3) is 0.364. The Morgan fingerprint density at radius 2 is 1.81 bits per heavy atom. The molecule has 1 atom stereocenters. The highest BCUT2D eigenvalue weighted by atomic mass is 16.6. The number of hydrogen-bond acceptors (Lipinski definition) is 6. The van der Waals surface area contributed by atoms with Crippen LogP contribution in [0.15, 0.2) is 48.5 Å². The van der Waals surface area contributed by atoms with E-state index in [1.54, 1.807) is 27.7 Å². The number of carbonyl (C=O) groups excluding carboxylic acids is 2. The van der Waals surface area contributed by atoms with Crippen molar-refractivity contribution in [3.63, 3.8) is 0 Å². The van der Waals surface area contributed by atoms with E-state index in [1.807, 2.05) is 30.3 Å². The SMILES string of the molecule is Cc1ccc([N+](=O)[O-])cc1NC(=O)[C@H](COCc1ccccc1)NC(=O)OC(C)(C)C. The summed E-state index contributed by atoms with van der Waals surface area (Å²) >= 11 is 0. The fourth-order valence-corrected chi connectivity index (χ4v) is 2.58. The van der Waals surface area contributed by atoms with Crippen molar-refractivity contribution in [2.45, 2.75) is 45.9 Å². The standard InChI is InChI=1S/C22H27N3O6/c1-15-10-11-17(25(28)29)12-18(15)23-20(26)19(24-21(27)31-22(2,3)4)14-30-13-16-8-6-5-7-9-16/h5-12,19H,13-14H2,1-4H3,(H,23,26)(H,24,27)/t19-/m0/s1. The number of hydrogen-bond donors (Lipinski definition) is 2. The first-order chi connectivity index (χ1) is 14.5. The Labute approximate surface area is 180 Å². The lowest BCUT2D eigenvalue weighted by Gasteiger charge is -2.23. The van der Waals surface area contributed by atoms with Gasteiger partial charge in [0.15, 0.2) is 0 Å². The van der Waals surface area contributed by atoms with E-state index in [2.05, 4.69) is 10.6 Å². The van der Waals surface area contributed by atoms with E-state index in [4.69, 9.17) is 9.47 Å². The van der Waals surface area contributed by atoms with Crippen molar-refractivity contribution in [3.05, 3.63) is 69.8 Å². The first-order valence-electron chi connectivity index (χ1n) is 9.72. The average molecular weight is 429 g/mol. The highest BCUT2D eigenvalue weighted by Gasteiger charge is 2.25. The summed E-state index contributed by atoms with van der Waals surface area (Å²) in [5.41, 5.74) is 0.928. The van der Waals surface area contributed by atoms with Gasteiger partial charge in [-0.1, -0.05) is 36.4 Å². The van der Waals surface area contributed by atoms with Crippen LogP contribution in [0.3, 0.4) is 0 Å². The highest BCUT2D eigenvalue weighted by molar-refractivity contribution is 5.97. The third-order valence-corrected chi connectivity index (χ3v) is 4.09. The molecule has 31 heavy (non-hydrogen) atoms. The van der Waals surface area contributed by atoms with Crippen LogP contribution in [0.4, 0.5) is 16.2 Å². The van der Waals surface area contributed by atoms with E-state index in [1.165, 1.54) is 18.2 Å². The zero-order valence-corrected chi connectivity index (χ0v) is 18.0. The van der Waals surface area contributed by atoms with Gasteiger partial charge in [-0.2, -0.15) is 0 Å². The van der Waals surface area contributed by atoms with Gasteiger partial charge in [0.2, 0.25) is 5.91 Å². The lowest BCUT2D eigenvalue weighted by molar-refractivity contribution is -0.384. The number of alkyl carbamates (subject to hydrolysis) is 1. The largest absolute Gasteiger partial charge is 0.444 e. The van der Waals surface area contributed by atoms with Crippen LogP contribution < -0.4 is 10.6 Å². The van der Waals surface area contributed by atoms with E-state index in [9.17, 15) is 19.7 Å². The van der Waals surface area contributed by atoms with Crippen molar-refractivity contribution in [2.24, 2.45) is 0 Å². The van der Waals surface area contributed by atoms with E-state index in [0.717, 1.165) is 5.56 Å². The van der Waals surface area contributed by atoms with Gasteiger partial charge < -0.3 is 20.1 Å². The van der Waals surface area contributed by atoms with Crippen LogP contribution in [-0.2, 0) is 20.9 Å². The second-order valence-corrected chi connectivity index (χ2v) is 7.95. The van der Waals surface area contributed by atoms with Crippen molar-refractivity contribution in [1.82, 2.24) is 5.32 Å². The van der Waals surface area contributed by atoms with Gasteiger partial charge >= 0.3 is 6.09 Å². The maximum Gasteiger partial charge on any atom is 0.408 e. The number of non-ortho nitro benzene ring substituents is 1. The molecule has 0 unspecified atom stereocenters. The number of ether oxygens (including phenoxy) is 2. The molecule has 2 amide bonds. The topological polar surface area (TPSA) is 120 Å². The minimum Gasteiger partial charge on any atom is -0.444 e. The number of benzene rings is 2. The summed E-state index contributed by atoms with van der Waals surface area (Å²) < 4.78 is 10.9. The minimum atomic E-state index is -1.07. The van der Waals surface area contributed by atoms with Crippen molar-refractivity contribution < 1.29 is 24.0 Å². The highest BCUT2D eigenvalue weighted by Crippen LogP contribution is 2.22. The molecule has 0 aliphatic heterocycles. The molecule has 0 aliphatic carbocycles. The van der Waals surface area contributed by atoms with Crippen LogP contribution in [-0.4, -0.2) is 35.2 Å². The smallest absolute Gasteiger partial charge is 0.408 e. The summed E-state index contributed by atoms with van der Waals surface area (Å²) in [6.07, 6.45) is -0.772. The maximum atomic E-state index is 12.9. The number of aryl methyl sites for hydroxylation is 1. The molecular weight excluding hydrogens is 402 g/mol. The molecule has 2 rings (SSSR count). The van der Waals surface area contributed by atoms with Gasteiger partial charge in [-0.15, -0.1) is 0 Å². The molecule has 2 aromatic carbocycles. The monoisotopic (exact) mass is 429 g/mol. The van der Waals surface area contributed by atoms with Gasteiger partial charge in [0.05, 0.1) is 23.8 Å². The van der Waals surface area contributed by atoms with Crippen molar-refractivity contribution in [3.8, 4) is 0 Å². The number of nitro groups is 1. The molecule has 0 fully saturated rings. The molecule has 0 saturated heterocycles. The van der Waals surface area contributed by atoms with Gasteiger partial charge in [-0.05, 0) is 38.8 Å². The number of nitro benzene ring substituents is 1.